The molecule has 1 aliphatic heterocycles. The van der Waals surface area contributed by atoms with Gasteiger partial charge in [0.05, 0.1) is 30.9 Å². The van der Waals surface area contributed by atoms with Crippen molar-refractivity contribution in [1.82, 2.24) is 10.2 Å². The van der Waals surface area contributed by atoms with E-state index in [1.165, 1.54) is 25.3 Å². The highest BCUT2D eigenvalue weighted by Crippen LogP contribution is 2.22. The van der Waals surface area contributed by atoms with Crippen LogP contribution in [0.4, 0.5) is 4.39 Å². The smallest absolute Gasteiger partial charge is 0.244 e. The highest BCUT2D eigenvalue weighted by atomic mass is 19.1. The zero-order valence-electron chi connectivity index (χ0n) is 19.4. The summed E-state index contributed by atoms with van der Waals surface area (Å²) >= 11 is 0. The van der Waals surface area contributed by atoms with Crippen LogP contribution in [0.2, 0.25) is 0 Å². The maximum Gasteiger partial charge on any atom is 0.244 e. The van der Waals surface area contributed by atoms with E-state index in [9.17, 15) is 14.3 Å². The first-order valence-electron chi connectivity index (χ1n) is 11.3. The topological polar surface area (TPSA) is 94.8 Å². The van der Waals surface area contributed by atoms with Gasteiger partial charge in [-0.2, -0.15) is 5.26 Å². The van der Waals surface area contributed by atoms with Crippen molar-refractivity contribution in [2.75, 3.05) is 26.7 Å². The number of hydrogen-bond donors (Lipinski definition) is 2. The summed E-state index contributed by atoms with van der Waals surface area (Å²) in [6, 6.07) is 12.6. The first kappa shape index (κ1) is 25.2. The number of methoxy groups -OCH3 is 1. The number of nitrogens with one attached hydrogen (secondary N) is 1. The van der Waals surface area contributed by atoms with Gasteiger partial charge >= 0.3 is 0 Å². The summed E-state index contributed by atoms with van der Waals surface area (Å²) in [5, 5.41) is 22.2. The van der Waals surface area contributed by atoms with E-state index in [0.29, 0.717) is 29.2 Å². The van der Waals surface area contributed by atoms with E-state index in [0.717, 1.165) is 25.9 Å². The fourth-order valence-corrected chi connectivity index (χ4v) is 3.84. The Morgan fingerprint density at radius 1 is 1.29 bits per heavy atom. The molecule has 8 heteroatoms. The normalized spacial score (nSPS) is 16.6. The maximum atomic E-state index is 13.1. The molecule has 0 radical (unpaired) electrons. The van der Waals surface area contributed by atoms with Gasteiger partial charge in [0.25, 0.3) is 0 Å². The van der Waals surface area contributed by atoms with Gasteiger partial charge in [0, 0.05) is 31.3 Å². The summed E-state index contributed by atoms with van der Waals surface area (Å²) < 4.78 is 24.3. The van der Waals surface area contributed by atoms with E-state index in [1.807, 2.05) is 0 Å². The van der Waals surface area contributed by atoms with Gasteiger partial charge in [-0.25, -0.2) is 4.39 Å². The lowest BCUT2D eigenvalue weighted by Crippen LogP contribution is -2.51. The molecule has 0 bridgehead atoms. The molecule has 7 nitrogen and oxygen atoms in total. The zero-order valence-corrected chi connectivity index (χ0v) is 19.4. The molecule has 1 unspecified atom stereocenters. The van der Waals surface area contributed by atoms with Crippen LogP contribution in [0.15, 0.2) is 48.5 Å². The molecule has 0 aromatic heterocycles. The van der Waals surface area contributed by atoms with Crippen LogP contribution in [0.25, 0.3) is 6.08 Å². The Kier molecular flexibility index (Phi) is 9.02. The summed E-state index contributed by atoms with van der Waals surface area (Å²) in [7, 11) is 1.52. The van der Waals surface area contributed by atoms with E-state index in [1.54, 1.807) is 43.3 Å². The van der Waals surface area contributed by atoms with E-state index < -0.39 is 12.1 Å². The molecular weight excluding hydrogens is 437 g/mol. The molecule has 180 valence electrons. The van der Waals surface area contributed by atoms with Gasteiger partial charge in [-0.15, -0.1) is 0 Å². The molecule has 0 saturated carbocycles. The van der Waals surface area contributed by atoms with Gasteiger partial charge < -0.3 is 24.8 Å². The van der Waals surface area contributed by atoms with E-state index in [2.05, 4.69) is 16.3 Å². The minimum Gasteiger partial charge on any atom is -0.496 e. The third kappa shape index (κ3) is 7.30. The number of nitrogens with zero attached hydrogens (tertiary/aromatic N) is 2. The highest BCUT2D eigenvalue weighted by Gasteiger charge is 2.25. The van der Waals surface area contributed by atoms with E-state index >= 15 is 0 Å². The molecule has 2 atom stereocenters. The fourth-order valence-electron chi connectivity index (χ4n) is 3.84. The molecule has 34 heavy (non-hydrogen) atoms. The van der Waals surface area contributed by atoms with Crippen LogP contribution in [0.5, 0.6) is 11.5 Å². The summed E-state index contributed by atoms with van der Waals surface area (Å²) in [5.74, 6) is 0.571. The number of piperidine rings is 1. The van der Waals surface area contributed by atoms with Crippen LogP contribution in [0, 0.1) is 17.1 Å². The lowest BCUT2D eigenvalue weighted by atomic mass is 10.1. The summed E-state index contributed by atoms with van der Waals surface area (Å²) in [6.45, 7) is 3.68. The van der Waals surface area contributed by atoms with Crippen LogP contribution in [-0.4, -0.2) is 60.9 Å². The Morgan fingerprint density at radius 2 is 2.00 bits per heavy atom. The van der Waals surface area contributed by atoms with Crippen LogP contribution >= 0.6 is 0 Å². The molecule has 1 amide bonds. The lowest BCUT2D eigenvalue weighted by molar-refractivity contribution is -0.118. The van der Waals surface area contributed by atoms with Gasteiger partial charge in [0.15, 0.2) is 0 Å². The third-order valence-corrected chi connectivity index (χ3v) is 5.79. The predicted octanol–water partition coefficient (Wildman–Crippen LogP) is 3.13. The van der Waals surface area contributed by atoms with Crippen molar-refractivity contribution in [1.29, 1.82) is 5.26 Å². The number of benzene rings is 2. The average Bonchev–Trinajstić information content (AvgIpc) is 2.84. The molecule has 1 aliphatic rings. The van der Waals surface area contributed by atoms with Gasteiger partial charge in [-0.3, -0.25) is 4.79 Å². The molecule has 0 spiro atoms. The third-order valence-electron chi connectivity index (χ3n) is 5.79. The monoisotopic (exact) mass is 467 g/mol. The Labute approximate surface area is 199 Å². The molecule has 2 aromatic carbocycles. The van der Waals surface area contributed by atoms with Crippen LogP contribution in [0.1, 0.15) is 30.9 Å². The molecular formula is C26H30FN3O4. The van der Waals surface area contributed by atoms with Crippen LogP contribution in [-0.2, 0) is 4.79 Å². The number of carbonyl (C=O) groups excluding carboxylic acids is 1. The lowest BCUT2D eigenvalue weighted by Gasteiger charge is -2.35. The van der Waals surface area contributed by atoms with Crippen molar-refractivity contribution in [3.8, 4) is 17.6 Å². The minimum absolute atomic E-state index is 0.0448. The number of aliphatic hydroxyl groups excluding tert-OH is 1. The Bertz CT molecular complexity index is 1030. The Balaban J connectivity index is 1.52. The highest BCUT2D eigenvalue weighted by molar-refractivity contribution is 5.92. The molecule has 2 N–H and O–H groups in total. The van der Waals surface area contributed by atoms with Crippen molar-refractivity contribution in [3.05, 3.63) is 65.5 Å². The second kappa shape index (κ2) is 12.2. The van der Waals surface area contributed by atoms with Gasteiger partial charge in [0.1, 0.15) is 23.4 Å². The van der Waals surface area contributed by atoms with E-state index in [-0.39, 0.29) is 17.8 Å². The van der Waals surface area contributed by atoms with Crippen molar-refractivity contribution >= 4 is 12.0 Å². The number of halogens is 1. The van der Waals surface area contributed by atoms with Gasteiger partial charge in [0.2, 0.25) is 5.91 Å². The minimum atomic E-state index is -0.734. The first-order valence-corrected chi connectivity index (χ1v) is 11.3. The van der Waals surface area contributed by atoms with Gasteiger partial charge in [-0.1, -0.05) is 0 Å². The van der Waals surface area contributed by atoms with Crippen molar-refractivity contribution in [2.45, 2.75) is 38.0 Å². The van der Waals surface area contributed by atoms with Crippen molar-refractivity contribution < 1.29 is 23.8 Å². The molecule has 1 saturated heterocycles. The zero-order chi connectivity index (χ0) is 24.5. The van der Waals surface area contributed by atoms with Crippen molar-refractivity contribution in [3.63, 3.8) is 0 Å². The number of ether oxygens (including phenoxy) is 2. The summed E-state index contributed by atoms with van der Waals surface area (Å²) in [5.41, 5.74) is 1.09. The predicted molar refractivity (Wildman–Crippen MR) is 127 cm³/mol. The summed E-state index contributed by atoms with van der Waals surface area (Å²) in [4.78, 5) is 14.7. The number of aliphatic hydroxyl groups is 1. The largest absolute Gasteiger partial charge is 0.496 e. The van der Waals surface area contributed by atoms with E-state index in [4.69, 9.17) is 14.7 Å². The summed E-state index contributed by atoms with van der Waals surface area (Å²) in [6.07, 6.45) is 3.87. The second-order valence-electron chi connectivity index (χ2n) is 8.33. The van der Waals surface area contributed by atoms with Crippen molar-refractivity contribution in [2.24, 2.45) is 0 Å². The molecule has 3 rings (SSSR count). The Hall–Kier alpha value is -3.41. The molecule has 0 aliphatic carbocycles. The standard InChI is InChI=1S/C26H30FN3O4/c1-18(31)24(29-26(32)10-4-20-15-19(16-28)3-9-25(20)33-2)17-30-13-11-23(12-14-30)34-22-7-5-21(27)6-8-22/h3-10,15,18,23-24,31H,11-14,17H2,1-2H3,(H,29,32)/b10-4+/t18?,24-/m0/s1. The fraction of sp³-hybridized carbons (Fsp3) is 0.385. The van der Waals surface area contributed by atoms with Crippen LogP contribution < -0.4 is 14.8 Å². The Morgan fingerprint density at radius 3 is 2.62 bits per heavy atom. The quantitative estimate of drug-likeness (QED) is 0.551. The number of amides is 1. The van der Waals surface area contributed by atoms with Crippen LogP contribution in [0.3, 0.4) is 0 Å². The number of hydrogen-bond acceptors (Lipinski definition) is 6. The second-order valence-corrected chi connectivity index (χ2v) is 8.33. The van der Waals surface area contributed by atoms with Gasteiger partial charge in [-0.05, 0) is 68.3 Å². The molecule has 1 fully saturated rings. The number of nitriles is 1. The maximum absolute atomic E-state index is 13.1. The molecule has 1 heterocycles. The molecule has 2 aromatic rings. The number of rotatable bonds is 9. The number of likely N-dealkylation sites (tertiary alicyclic amines) is 1. The SMILES string of the molecule is COc1ccc(C#N)cc1/C=C/C(=O)N[C@@H](CN1CCC(Oc2ccc(F)cc2)CC1)C(C)O. The number of carbonyl (C=O) groups is 1. The first-order chi connectivity index (χ1) is 16.4. The average molecular weight is 468 g/mol.